The Morgan fingerprint density at radius 1 is 0.438 bits per heavy atom. The average molecular weight is 455 g/mol. The van der Waals surface area contributed by atoms with Crippen LogP contribution in [0.15, 0.2) is 0 Å². The van der Waals surface area contributed by atoms with Crippen molar-refractivity contribution < 1.29 is 15.3 Å². The predicted octanol–water partition coefficient (Wildman–Crippen LogP) is 7.94. The molecule has 0 aromatic carbocycles. The molecule has 1 saturated carbocycles. The zero-order chi connectivity index (χ0) is 23.2. The van der Waals surface area contributed by atoms with Crippen LogP contribution in [0, 0.1) is 11.3 Å². The molecule has 3 nitrogen and oxygen atoms in total. The van der Waals surface area contributed by atoms with Crippen LogP contribution < -0.4 is 0 Å². The van der Waals surface area contributed by atoms with Crippen molar-refractivity contribution in [2.75, 3.05) is 19.8 Å². The van der Waals surface area contributed by atoms with Crippen LogP contribution in [0.3, 0.4) is 0 Å². The first-order valence-corrected chi connectivity index (χ1v) is 14.6. The fourth-order valence-electron chi connectivity index (χ4n) is 6.22. The van der Waals surface area contributed by atoms with E-state index in [9.17, 15) is 15.3 Å². The highest BCUT2D eigenvalue weighted by atomic mass is 16.3. The van der Waals surface area contributed by atoms with Crippen molar-refractivity contribution in [3.05, 3.63) is 0 Å². The molecule has 0 aliphatic heterocycles. The van der Waals surface area contributed by atoms with Crippen molar-refractivity contribution in [1.82, 2.24) is 0 Å². The average Bonchev–Trinajstić information content (AvgIpc) is 2.79. The van der Waals surface area contributed by atoms with Gasteiger partial charge in [0.15, 0.2) is 0 Å². The largest absolute Gasteiger partial charge is 0.396 e. The van der Waals surface area contributed by atoms with Gasteiger partial charge in [-0.25, -0.2) is 0 Å². The van der Waals surface area contributed by atoms with Crippen LogP contribution in [0.4, 0.5) is 0 Å². The zero-order valence-corrected chi connectivity index (χ0v) is 21.5. The Hall–Kier alpha value is -0.120. The van der Waals surface area contributed by atoms with E-state index in [1.54, 1.807) is 0 Å². The van der Waals surface area contributed by atoms with Gasteiger partial charge in [0.05, 0.1) is 0 Å². The normalized spacial score (nSPS) is 24.7. The van der Waals surface area contributed by atoms with Crippen LogP contribution in [0.5, 0.6) is 0 Å². The van der Waals surface area contributed by atoms with Crippen molar-refractivity contribution in [1.29, 1.82) is 0 Å². The summed E-state index contributed by atoms with van der Waals surface area (Å²) in [5, 5.41) is 29.5. The standard InChI is InChI=1S/C29H58O3/c30-25-21-28-20-18-16-14-12-10-8-6-4-2-1-3-5-7-9-11-13-15-17-19-22-29(28,23-26-31)24-27-32/h28,30-32H,1-27H2. The van der Waals surface area contributed by atoms with E-state index in [-0.39, 0.29) is 25.2 Å². The van der Waals surface area contributed by atoms with E-state index in [1.807, 2.05) is 0 Å². The summed E-state index contributed by atoms with van der Waals surface area (Å²) in [5.41, 5.74) is 0.00147. The molecule has 1 rings (SSSR count). The fourth-order valence-corrected chi connectivity index (χ4v) is 6.22. The van der Waals surface area contributed by atoms with E-state index < -0.39 is 0 Å². The maximum Gasteiger partial charge on any atom is 0.0436 e. The molecule has 0 aromatic heterocycles. The molecule has 3 heteroatoms. The minimum Gasteiger partial charge on any atom is -0.396 e. The summed E-state index contributed by atoms with van der Waals surface area (Å²) < 4.78 is 0. The highest BCUT2D eigenvalue weighted by Gasteiger charge is 2.36. The molecular formula is C29H58O3. The molecule has 0 amide bonds. The Balaban J connectivity index is 2.62. The third kappa shape index (κ3) is 14.2. The van der Waals surface area contributed by atoms with Crippen molar-refractivity contribution in [3.8, 4) is 0 Å². The van der Waals surface area contributed by atoms with Gasteiger partial charge in [0.1, 0.15) is 0 Å². The summed E-state index contributed by atoms with van der Waals surface area (Å²) in [7, 11) is 0. The predicted molar refractivity (Wildman–Crippen MR) is 138 cm³/mol. The van der Waals surface area contributed by atoms with Gasteiger partial charge in [0, 0.05) is 19.8 Å². The van der Waals surface area contributed by atoms with Crippen molar-refractivity contribution in [2.45, 2.75) is 154 Å². The third-order valence-corrected chi connectivity index (χ3v) is 8.29. The molecule has 192 valence electrons. The van der Waals surface area contributed by atoms with Gasteiger partial charge >= 0.3 is 0 Å². The van der Waals surface area contributed by atoms with Crippen molar-refractivity contribution in [3.63, 3.8) is 0 Å². The summed E-state index contributed by atoms with van der Waals surface area (Å²) in [6.07, 6.45) is 30.5. The Morgan fingerprint density at radius 3 is 1.12 bits per heavy atom. The summed E-state index contributed by atoms with van der Waals surface area (Å²) in [6, 6.07) is 0. The lowest BCUT2D eigenvalue weighted by atomic mass is 9.65. The second-order valence-corrected chi connectivity index (χ2v) is 10.8. The Bertz CT molecular complexity index is 379. The maximum absolute atomic E-state index is 9.86. The molecule has 1 atom stereocenters. The first kappa shape index (κ1) is 29.9. The monoisotopic (exact) mass is 454 g/mol. The second-order valence-electron chi connectivity index (χ2n) is 10.8. The van der Waals surface area contributed by atoms with E-state index >= 15 is 0 Å². The fraction of sp³-hybridized carbons (Fsp3) is 1.00. The van der Waals surface area contributed by atoms with Gasteiger partial charge in [-0.15, -0.1) is 0 Å². The quantitative estimate of drug-likeness (QED) is 0.381. The molecule has 0 bridgehead atoms. The second kappa shape index (κ2) is 21.4. The molecule has 0 radical (unpaired) electrons. The lowest BCUT2D eigenvalue weighted by molar-refractivity contribution is 0.0382. The molecule has 0 spiro atoms. The molecule has 1 fully saturated rings. The molecule has 3 N–H and O–H groups in total. The van der Waals surface area contributed by atoms with Crippen LogP contribution in [0.2, 0.25) is 0 Å². The minimum absolute atomic E-state index is 0.00147. The molecule has 32 heavy (non-hydrogen) atoms. The Labute approximate surface area is 200 Å². The molecular weight excluding hydrogens is 396 g/mol. The molecule has 0 aromatic rings. The molecule has 1 aliphatic rings. The smallest absolute Gasteiger partial charge is 0.0436 e. The first-order valence-electron chi connectivity index (χ1n) is 14.6. The van der Waals surface area contributed by atoms with Gasteiger partial charge in [0.25, 0.3) is 0 Å². The van der Waals surface area contributed by atoms with Crippen LogP contribution in [-0.2, 0) is 0 Å². The SMILES string of the molecule is OCCC1CCCCCCCCCCCCCCCCCCCCCC1(CCO)CCO. The summed E-state index contributed by atoms with van der Waals surface area (Å²) in [4.78, 5) is 0. The van der Waals surface area contributed by atoms with Crippen LogP contribution in [0.25, 0.3) is 0 Å². The number of hydrogen-bond donors (Lipinski definition) is 3. The van der Waals surface area contributed by atoms with Crippen molar-refractivity contribution >= 4 is 0 Å². The maximum atomic E-state index is 9.86. The summed E-state index contributed by atoms with van der Waals surface area (Å²) in [5.74, 6) is 0.424. The lowest BCUT2D eigenvalue weighted by Gasteiger charge is -2.41. The van der Waals surface area contributed by atoms with E-state index in [4.69, 9.17) is 0 Å². The molecule has 0 heterocycles. The molecule has 1 aliphatic carbocycles. The highest BCUT2D eigenvalue weighted by molar-refractivity contribution is 4.87. The van der Waals surface area contributed by atoms with E-state index in [2.05, 4.69) is 0 Å². The lowest BCUT2D eigenvalue weighted by Crippen LogP contribution is -2.34. The summed E-state index contributed by atoms with van der Waals surface area (Å²) in [6.45, 7) is 0.618. The Kier molecular flexibility index (Phi) is 20.0. The van der Waals surface area contributed by atoms with Crippen molar-refractivity contribution in [2.24, 2.45) is 11.3 Å². The minimum atomic E-state index is 0.00147. The van der Waals surface area contributed by atoms with Gasteiger partial charge in [-0.3, -0.25) is 0 Å². The van der Waals surface area contributed by atoms with E-state index in [0.29, 0.717) is 5.92 Å². The first-order chi connectivity index (χ1) is 15.8. The van der Waals surface area contributed by atoms with Gasteiger partial charge in [-0.05, 0) is 43.4 Å². The van der Waals surface area contributed by atoms with Gasteiger partial charge in [-0.1, -0.05) is 122 Å². The van der Waals surface area contributed by atoms with Crippen LogP contribution >= 0.6 is 0 Å². The number of hydrogen-bond acceptors (Lipinski definition) is 3. The third-order valence-electron chi connectivity index (χ3n) is 8.29. The van der Waals surface area contributed by atoms with Gasteiger partial charge < -0.3 is 15.3 Å². The highest BCUT2D eigenvalue weighted by Crippen LogP contribution is 2.44. The van der Waals surface area contributed by atoms with Crippen LogP contribution in [0.1, 0.15) is 154 Å². The number of aliphatic hydroxyl groups is 3. The number of rotatable bonds is 6. The van der Waals surface area contributed by atoms with Gasteiger partial charge in [-0.2, -0.15) is 0 Å². The molecule has 0 saturated heterocycles. The van der Waals surface area contributed by atoms with Crippen LogP contribution in [-0.4, -0.2) is 35.1 Å². The summed E-state index contributed by atoms with van der Waals surface area (Å²) >= 11 is 0. The zero-order valence-electron chi connectivity index (χ0n) is 21.5. The Morgan fingerprint density at radius 2 is 0.781 bits per heavy atom. The van der Waals surface area contributed by atoms with E-state index in [0.717, 1.165) is 32.1 Å². The number of aliphatic hydroxyl groups excluding tert-OH is 3. The molecule has 1 unspecified atom stereocenters. The van der Waals surface area contributed by atoms with E-state index in [1.165, 1.54) is 122 Å². The topological polar surface area (TPSA) is 60.7 Å². The van der Waals surface area contributed by atoms with Gasteiger partial charge in [0.2, 0.25) is 0 Å².